The van der Waals surface area contributed by atoms with Gasteiger partial charge in [-0.3, -0.25) is 4.79 Å². The molecule has 0 radical (unpaired) electrons. The van der Waals surface area contributed by atoms with Crippen LogP contribution in [0.5, 0.6) is 0 Å². The third kappa shape index (κ3) is 3.26. The Balaban J connectivity index is 2.73. The largest absolute Gasteiger partial charge is 0.498 e. The van der Waals surface area contributed by atoms with Crippen molar-refractivity contribution in [2.45, 2.75) is 39.5 Å². The highest BCUT2D eigenvalue weighted by Crippen LogP contribution is 2.35. The van der Waals surface area contributed by atoms with Gasteiger partial charge >= 0.3 is 5.97 Å². The van der Waals surface area contributed by atoms with E-state index in [1.807, 2.05) is 6.92 Å². The highest BCUT2D eigenvalue weighted by atomic mass is 16.5. The van der Waals surface area contributed by atoms with E-state index in [4.69, 9.17) is 9.84 Å². The van der Waals surface area contributed by atoms with Gasteiger partial charge in [-0.1, -0.05) is 13.3 Å². The number of hydrogen-bond acceptors (Lipinski definition) is 2. The van der Waals surface area contributed by atoms with Crippen LogP contribution in [-0.2, 0) is 9.53 Å². The summed E-state index contributed by atoms with van der Waals surface area (Å²) >= 11 is 0. The van der Waals surface area contributed by atoms with Crippen molar-refractivity contribution in [2.24, 2.45) is 11.8 Å². The Hall–Kier alpha value is -0.990. The zero-order valence-electron chi connectivity index (χ0n) is 9.53. The molecule has 0 spiro atoms. The SMILES string of the molecule is CCOC1=CCC[C@H](CC)[C@H]1CC(=O)O. The minimum absolute atomic E-state index is 0.0844. The van der Waals surface area contributed by atoms with Gasteiger partial charge in [0.05, 0.1) is 18.8 Å². The summed E-state index contributed by atoms with van der Waals surface area (Å²) in [5.74, 6) is 0.720. The second-order valence-corrected chi connectivity index (χ2v) is 3.99. The van der Waals surface area contributed by atoms with Crippen molar-refractivity contribution in [1.82, 2.24) is 0 Å². The molecule has 0 unspecified atom stereocenters. The van der Waals surface area contributed by atoms with Gasteiger partial charge in [0, 0.05) is 5.92 Å². The van der Waals surface area contributed by atoms with Gasteiger partial charge in [-0.15, -0.1) is 0 Å². The van der Waals surface area contributed by atoms with Gasteiger partial charge in [-0.25, -0.2) is 0 Å². The molecule has 1 rings (SSSR count). The molecule has 3 nitrogen and oxygen atoms in total. The Morgan fingerprint density at radius 1 is 1.60 bits per heavy atom. The van der Waals surface area contributed by atoms with Gasteiger partial charge in [0.2, 0.25) is 0 Å². The number of carboxylic acids is 1. The average Bonchev–Trinajstić information content (AvgIpc) is 2.20. The molecule has 0 fully saturated rings. The maximum Gasteiger partial charge on any atom is 0.304 e. The average molecular weight is 212 g/mol. The molecule has 0 aromatic heterocycles. The third-order valence-electron chi connectivity index (χ3n) is 3.05. The van der Waals surface area contributed by atoms with Crippen LogP contribution in [0.1, 0.15) is 39.5 Å². The first-order chi connectivity index (χ1) is 7.19. The number of ether oxygens (including phenoxy) is 1. The van der Waals surface area contributed by atoms with Crippen LogP contribution in [0.2, 0.25) is 0 Å². The smallest absolute Gasteiger partial charge is 0.304 e. The van der Waals surface area contributed by atoms with Crippen LogP contribution in [0.3, 0.4) is 0 Å². The first kappa shape index (κ1) is 12.1. The number of allylic oxidation sites excluding steroid dienone is 2. The molecule has 0 bridgehead atoms. The van der Waals surface area contributed by atoms with Gasteiger partial charge in [0.1, 0.15) is 0 Å². The minimum atomic E-state index is -0.731. The molecule has 0 aromatic carbocycles. The van der Waals surface area contributed by atoms with Gasteiger partial charge in [0.25, 0.3) is 0 Å². The van der Waals surface area contributed by atoms with Crippen molar-refractivity contribution in [1.29, 1.82) is 0 Å². The predicted octanol–water partition coefficient (Wildman–Crippen LogP) is 2.82. The molecule has 2 atom stereocenters. The predicted molar refractivity (Wildman–Crippen MR) is 58.5 cm³/mol. The van der Waals surface area contributed by atoms with E-state index in [-0.39, 0.29) is 12.3 Å². The zero-order valence-corrected chi connectivity index (χ0v) is 9.53. The second kappa shape index (κ2) is 5.79. The normalized spacial score (nSPS) is 25.9. The summed E-state index contributed by atoms with van der Waals surface area (Å²) in [7, 11) is 0. The number of rotatable bonds is 5. The Kier molecular flexibility index (Phi) is 4.66. The maximum atomic E-state index is 10.8. The van der Waals surface area contributed by atoms with Crippen LogP contribution in [-0.4, -0.2) is 17.7 Å². The molecule has 0 aromatic rings. The molecule has 0 amide bonds. The Labute approximate surface area is 91.1 Å². The van der Waals surface area contributed by atoms with Gasteiger partial charge < -0.3 is 9.84 Å². The summed E-state index contributed by atoms with van der Waals surface area (Å²) in [4.78, 5) is 10.8. The standard InChI is InChI=1S/C12H20O3/c1-3-9-6-5-7-11(15-4-2)10(9)8-12(13)14/h7,9-10H,3-6,8H2,1-2H3,(H,13,14)/t9-,10+/m0/s1. The molecule has 0 aliphatic heterocycles. The molecule has 0 saturated carbocycles. The van der Waals surface area contributed by atoms with Gasteiger partial charge in [-0.2, -0.15) is 0 Å². The fourth-order valence-corrected chi connectivity index (χ4v) is 2.30. The summed E-state index contributed by atoms with van der Waals surface area (Å²) in [6.45, 7) is 4.68. The minimum Gasteiger partial charge on any atom is -0.498 e. The summed E-state index contributed by atoms with van der Waals surface area (Å²) < 4.78 is 5.53. The number of aliphatic carboxylic acids is 1. The van der Waals surface area contributed by atoms with E-state index in [1.54, 1.807) is 0 Å². The Morgan fingerprint density at radius 3 is 2.87 bits per heavy atom. The number of carboxylic acid groups (broad SMARTS) is 1. The molecule has 3 heteroatoms. The quantitative estimate of drug-likeness (QED) is 0.762. The van der Waals surface area contributed by atoms with Crippen LogP contribution >= 0.6 is 0 Å². The molecule has 1 aliphatic rings. The van der Waals surface area contributed by atoms with Crippen LogP contribution in [0.15, 0.2) is 11.8 Å². The summed E-state index contributed by atoms with van der Waals surface area (Å²) in [6, 6.07) is 0. The van der Waals surface area contributed by atoms with E-state index in [1.165, 1.54) is 0 Å². The van der Waals surface area contributed by atoms with Crippen molar-refractivity contribution in [3.63, 3.8) is 0 Å². The van der Waals surface area contributed by atoms with E-state index >= 15 is 0 Å². The highest BCUT2D eigenvalue weighted by molar-refractivity contribution is 5.67. The fraction of sp³-hybridized carbons (Fsp3) is 0.750. The molecule has 15 heavy (non-hydrogen) atoms. The first-order valence-corrected chi connectivity index (χ1v) is 5.73. The highest BCUT2D eigenvalue weighted by Gasteiger charge is 2.29. The topological polar surface area (TPSA) is 46.5 Å². The molecule has 0 heterocycles. The molecule has 1 N–H and O–H groups in total. The summed E-state index contributed by atoms with van der Waals surface area (Å²) in [5.41, 5.74) is 0. The lowest BCUT2D eigenvalue weighted by molar-refractivity contribution is -0.138. The van der Waals surface area contributed by atoms with Crippen molar-refractivity contribution in [2.75, 3.05) is 6.61 Å². The van der Waals surface area contributed by atoms with Crippen molar-refractivity contribution >= 4 is 5.97 Å². The van der Waals surface area contributed by atoms with Crippen LogP contribution < -0.4 is 0 Å². The van der Waals surface area contributed by atoms with E-state index < -0.39 is 5.97 Å². The van der Waals surface area contributed by atoms with E-state index in [0.29, 0.717) is 12.5 Å². The lowest BCUT2D eigenvalue weighted by atomic mass is 9.79. The van der Waals surface area contributed by atoms with Crippen LogP contribution in [0.25, 0.3) is 0 Å². The van der Waals surface area contributed by atoms with Crippen molar-refractivity contribution in [3.05, 3.63) is 11.8 Å². The fourth-order valence-electron chi connectivity index (χ4n) is 2.30. The van der Waals surface area contributed by atoms with E-state index in [2.05, 4.69) is 13.0 Å². The van der Waals surface area contributed by atoms with Crippen LogP contribution in [0.4, 0.5) is 0 Å². The van der Waals surface area contributed by atoms with Crippen molar-refractivity contribution < 1.29 is 14.6 Å². The third-order valence-corrected chi connectivity index (χ3v) is 3.05. The molecular formula is C12H20O3. The van der Waals surface area contributed by atoms with Gasteiger partial charge in [0.15, 0.2) is 0 Å². The molecule has 0 saturated heterocycles. The monoisotopic (exact) mass is 212 g/mol. The Morgan fingerprint density at radius 2 is 2.33 bits per heavy atom. The van der Waals surface area contributed by atoms with E-state index in [9.17, 15) is 4.79 Å². The number of carbonyl (C=O) groups is 1. The lowest BCUT2D eigenvalue weighted by Gasteiger charge is -2.30. The molecule has 86 valence electrons. The summed E-state index contributed by atoms with van der Waals surface area (Å²) in [6.07, 6.45) is 5.39. The number of hydrogen-bond donors (Lipinski definition) is 1. The molecular weight excluding hydrogens is 192 g/mol. The second-order valence-electron chi connectivity index (χ2n) is 3.99. The van der Waals surface area contributed by atoms with E-state index in [0.717, 1.165) is 25.0 Å². The van der Waals surface area contributed by atoms with Gasteiger partial charge in [-0.05, 0) is 31.8 Å². The van der Waals surface area contributed by atoms with Crippen LogP contribution in [0, 0.1) is 11.8 Å². The first-order valence-electron chi connectivity index (χ1n) is 5.73. The summed E-state index contributed by atoms with van der Waals surface area (Å²) in [5, 5.41) is 8.88. The maximum absolute atomic E-state index is 10.8. The Bertz CT molecular complexity index is 245. The zero-order chi connectivity index (χ0) is 11.3. The molecule has 1 aliphatic carbocycles. The lowest BCUT2D eigenvalue weighted by Crippen LogP contribution is -2.24. The van der Waals surface area contributed by atoms with Crippen molar-refractivity contribution in [3.8, 4) is 0 Å².